The molecule has 25 heavy (non-hydrogen) atoms. The van der Waals surface area contributed by atoms with Crippen LogP contribution in [-0.4, -0.2) is 29.4 Å². The summed E-state index contributed by atoms with van der Waals surface area (Å²) in [6.45, 7) is 0.622. The van der Waals surface area contributed by atoms with E-state index in [0.29, 0.717) is 23.1 Å². The predicted octanol–water partition coefficient (Wildman–Crippen LogP) is 4.06. The molecule has 0 fully saturated rings. The molecule has 0 aliphatic carbocycles. The lowest BCUT2D eigenvalue weighted by Gasteiger charge is -2.08. The number of ether oxygens (including phenoxy) is 1. The van der Waals surface area contributed by atoms with Gasteiger partial charge in [0.1, 0.15) is 12.3 Å². The van der Waals surface area contributed by atoms with Gasteiger partial charge in [0.2, 0.25) is 5.88 Å². The molecule has 3 aromatic rings. The second kappa shape index (κ2) is 8.46. The van der Waals surface area contributed by atoms with Crippen molar-refractivity contribution in [2.45, 2.75) is 0 Å². The minimum atomic E-state index is -0.329. The average Bonchev–Trinajstić information content (AvgIpc) is 3.14. The minimum absolute atomic E-state index is 0.288. The summed E-state index contributed by atoms with van der Waals surface area (Å²) in [5.74, 6) is 0.414. The monoisotopic (exact) mass is 374 g/mol. The first-order chi connectivity index (χ1) is 12.2. The van der Waals surface area contributed by atoms with Crippen molar-refractivity contribution in [3.63, 3.8) is 0 Å². The number of thiophene rings is 1. The van der Waals surface area contributed by atoms with E-state index in [1.165, 1.54) is 0 Å². The lowest BCUT2D eigenvalue weighted by atomic mass is 10.3. The number of urea groups is 1. The molecule has 2 amide bonds. The number of aromatic nitrogens is 2. The number of carbonyl (C=O) groups excluding carboxylic acids is 1. The number of amides is 2. The number of nitrogens with zero attached hydrogens (tertiary/aromatic N) is 2. The maximum Gasteiger partial charge on any atom is 0.319 e. The third kappa shape index (κ3) is 5.17. The summed E-state index contributed by atoms with van der Waals surface area (Å²) in [7, 11) is 0. The zero-order valence-electron chi connectivity index (χ0n) is 13.1. The van der Waals surface area contributed by atoms with Gasteiger partial charge in [-0.1, -0.05) is 23.7 Å². The van der Waals surface area contributed by atoms with Gasteiger partial charge in [-0.25, -0.2) is 4.79 Å². The fourth-order valence-electron chi connectivity index (χ4n) is 2.01. The quantitative estimate of drug-likeness (QED) is 0.638. The van der Waals surface area contributed by atoms with Gasteiger partial charge in [-0.15, -0.1) is 21.5 Å². The van der Waals surface area contributed by atoms with E-state index in [1.54, 1.807) is 41.7 Å². The number of carbonyl (C=O) groups is 1. The van der Waals surface area contributed by atoms with Crippen molar-refractivity contribution >= 4 is 34.7 Å². The molecule has 0 saturated heterocycles. The largest absolute Gasteiger partial charge is 0.475 e. The predicted molar refractivity (Wildman–Crippen MR) is 99.3 cm³/mol. The van der Waals surface area contributed by atoms with E-state index in [9.17, 15) is 4.79 Å². The summed E-state index contributed by atoms with van der Waals surface area (Å²) in [6.07, 6.45) is 0. The number of rotatable bonds is 6. The van der Waals surface area contributed by atoms with E-state index < -0.39 is 0 Å². The minimum Gasteiger partial charge on any atom is -0.475 e. The number of hydrogen-bond donors (Lipinski definition) is 2. The number of halogens is 1. The molecule has 8 heteroatoms. The maximum absolute atomic E-state index is 11.8. The second-order valence-electron chi connectivity index (χ2n) is 4.97. The zero-order valence-corrected chi connectivity index (χ0v) is 14.7. The average molecular weight is 375 g/mol. The summed E-state index contributed by atoms with van der Waals surface area (Å²) in [5, 5.41) is 16.1. The Bertz CT molecular complexity index is 825. The Morgan fingerprint density at radius 1 is 1.16 bits per heavy atom. The molecule has 2 aromatic heterocycles. The van der Waals surface area contributed by atoms with Crippen molar-refractivity contribution in [3.05, 3.63) is 58.9 Å². The Hall–Kier alpha value is -2.64. The highest BCUT2D eigenvalue weighted by Gasteiger charge is 2.04. The van der Waals surface area contributed by atoms with Gasteiger partial charge in [0.25, 0.3) is 0 Å². The molecule has 0 unspecified atom stereocenters. The van der Waals surface area contributed by atoms with Crippen LogP contribution in [0.4, 0.5) is 10.5 Å². The standard InChI is InChI=1S/C17H15ClN4O2S/c18-12-3-1-4-13(11-12)20-17(23)19-8-9-24-16-7-6-14(21-22-16)15-5-2-10-25-15/h1-7,10-11H,8-9H2,(H2,19,20,23). The number of nitrogens with one attached hydrogen (secondary N) is 2. The molecule has 128 valence electrons. The van der Waals surface area contributed by atoms with Gasteiger partial charge in [-0.2, -0.15) is 0 Å². The summed E-state index contributed by atoms with van der Waals surface area (Å²) in [5.41, 5.74) is 1.43. The van der Waals surface area contributed by atoms with Crippen LogP contribution < -0.4 is 15.4 Å². The second-order valence-corrected chi connectivity index (χ2v) is 6.36. The molecule has 0 saturated carbocycles. The molecule has 6 nitrogen and oxygen atoms in total. The van der Waals surface area contributed by atoms with E-state index in [2.05, 4.69) is 20.8 Å². The first-order valence-corrected chi connectivity index (χ1v) is 8.77. The Morgan fingerprint density at radius 3 is 2.80 bits per heavy atom. The van der Waals surface area contributed by atoms with Gasteiger partial charge in [-0.05, 0) is 35.7 Å². The third-order valence-electron chi connectivity index (χ3n) is 3.13. The molecule has 3 rings (SSSR count). The lowest BCUT2D eigenvalue weighted by Crippen LogP contribution is -2.32. The Balaban J connectivity index is 1.40. The molecular formula is C17H15ClN4O2S. The van der Waals surface area contributed by atoms with Crippen molar-refractivity contribution in [1.29, 1.82) is 0 Å². The van der Waals surface area contributed by atoms with Crippen LogP contribution in [0.2, 0.25) is 5.02 Å². The molecule has 0 spiro atoms. The number of hydrogen-bond acceptors (Lipinski definition) is 5. The number of benzene rings is 1. The topological polar surface area (TPSA) is 76.1 Å². The first kappa shape index (κ1) is 17.2. The van der Waals surface area contributed by atoms with Crippen LogP contribution in [0.15, 0.2) is 53.9 Å². The summed E-state index contributed by atoms with van der Waals surface area (Å²) >= 11 is 7.46. The molecule has 0 radical (unpaired) electrons. The van der Waals surface area contributed by atoms with Crippen LogP contribution >= 0.6 is 22.9 Å². The van der Waals surface area contributed by atoms with Crippen molar-refractivity contribution in [2.75, 3.05) is 18.5 Å². The Morgan fingerprint density at radius 2 is 2.08 bits per heavy atom. The molecule has 0 aliphatic heterocycles. The first-order valence-electron chi connectivity index (χ1n) is 7.51. The SMILES string of the molecule is O=C(NCCOc1ccc(-c2cccs2)nn1)Nc1cccc(Cl)c1. The van der Waals surface area contributed by atoms with Gasteiger partial charge in [0.15, 0.2) is 0 Å². The van der Waals surface area contributed by atoms with Gasteiger partial charge in [0, 0.05) is 16.8 Å². The molecule has 0 atom stereocenters. The Labute approximate surface area is 153 Å². The van der Waals surface area contributed by atoms with Crippen LogP contribution in [0.5, 0.6) is 5.88 Å². The summed E-state index contributed by atoms with van der Waals surface area (Å²) < 4.78 is 5.46. The van der Waals surface area contributed by atoms with Gasteiger partial charge < -0.3 is 15.4 Å². The highest BCUT2D eigenvalue weighted by atomic mass is 35.5. The van der Waals surface area contributed by atoms with Crippen LogP contribution in [-0.2, 0) is 0 Å². The van der Waals surface area contributed by atoms with Crippen molar-refractivity contribution in [3.8, 4) is 16.5 Å². The van der Waals surface area contributed by atoms with E-state index >= 15 is 0 Å². The van der Waals surface area contributed by atoms with Crippen LogP contribution in [0, 0.1) is 0 Å². The third-order valence-corrected chi connectivity index (χ3v) is 4.26. The molecule has 0 aliphatic rings. The van der Waals surface area contributed by atoms with Crippen molar-refractivity contribution in [2.24, 2.45) is 0 Å². The molecule has 1 aromatic carbocycles. The molecule has 2 heterocycles. The van der Waals surface area contributed by atoms with Crippen LogP contribution in [0.3, 0.4) is 0 Å². The lowest BCUT2D eigenvalue weighted by molar-refractivity contribution is 0.246. The van der Waals surface area contributed by atoms with Crippen molar-refractivity contribution in [1.82, 2.24) is 15.5 Å². The molecule has 0 bridgehead atoms. The summed E-state index contributed by atoms with van der Waals surface area (Å²) in [6, 6.07) is 14.2. The highest BCUT2D eigenvalue weighted by Crippen LogP contribution is 2.22. The van der Waals surface area contributed by atoms with Gasteiger partial charge in [0.05, 0.1) is 11.4 Å². The molecule has 2 N–H and O–H groups in total. The van der Waals surface area contributed by atoms with E-state index in [-0.39, 0.29) is 12.6 Å². The fourth-order valence-corrected chi connectivity index (χ4v) is 2.90. The van der Waals surface area contributed by atoms with Crippen LogP contribution in [0.1, 0.15) is 0 Å². The van der Waals surface area contributed by atoms with E-state index in [4.69, 9.17) is 16.3 Å². The normalized spacial score (nSPS) is 10.3. The van der Waals surface area contributed by atoms with Crippen molar-refractivity contribution < 1.29 is 9.53 Å². The van der Waals surface area contributed by atoms with E-state index in [0.717, 1.165) is 10.6 Å². The van der Waals surface area contributed by atoms with Crippen LogP contribution in [0.25, 0.3) is 10.6 Å². The van der Waals surface area contributed by atoms with Gasteiger partial charge in [-0.3, -0.25) is 0 Å². The van der Waals surface area contributed by atoms with Gasteiger partial charge >= 0.3 is 6.03 Å². The highest BCUT2D eigenvalue weighted by molar-refractivity contribution is 7.13. The maximum atomic E-state index is 11.8. The fraction of sp³-hybridized carbons (Fsp3) is 0.118. The zero-order chi connectivity index (χ0) is 17.5. The summed E-state index contributed by atoms with van der Waals surface area (Å²) in [4.78, 5) is 12.8. The molecular weight excluding hydrogens is 360 g/mol. The van der Waals surface area contributed by atoms with E-state index in [1.807, 2.05) is 23.6 Å². The smallest absolute Gasteiger partial charge is 0.319 e. The number of anilines is 1. The Kier molecular flexibility index (Phi) is 5.81.